The Labute approximate surface area is 118 Å². The summed E-state index contributed by atoms with van der Waals surface area (Å²) in [6.45, 7) is 4.07. The molecule has 0 spiro atoms. The maximum atomic E-state index is 13.7. The molecule has 1 unspecified atom stereocenters. The topological polar surface area (TPSA) is 40.2 Å². The third-order valence-corrected chi connectivity index (χ3v) is 3.70. The molecule has 2 rings (SSSR count). The summed E-state index contributed by atoms with van der Waals surface area (Å²) in [7, 11) is 2.07. The van der Waals surface area contributed by atoms with Crippen molar-refractivity contribution in [1.82, 2.24) is 9.88 Å². The van der Waals surface area contributed by atoms with Gasteiger partial charge in [0.2, 0.25) is 0 Å². The number of nitrogens with one attached hydrogen (secondary N) is 2. The van der Waals surface area contributed by atoms with Crippen LogP contribution < -0.4 is 10.6 Å². The van der Waals surface area contributed by atoms with E-state index in [1.54, 1.807) is 0 Å². The molecule has 1 aromatic rings. The van der Waals surface area contributed by atoms with Crippen LogP contribution in [0.25, 0.3) is 0 Å². The number of hydrogen-bond donors (Lipinski definition) is 2. The summed E-state index contributed by atoms with van der Waals surface area (Å²) in [5, 5.41) is 5.79. The molecule has 1 saturated heterocycles. The molecule has 0 saturated carbocycles. The maximum absolute atomic E-state index is 13.7. The summed E-state index contributed by atoms with van der Waals surface area (Å²) in [6.07, 6.45) is 3.49. The number of rotatable bonds is 5. The normalized spacial score (nSPS) is 19.9. The van der Waals surface area contributed by atoms with Crippen molar-refractivity contribution >= 4 is 11.6 Å². The molecule has 0 amide bonds. The highest BCUT2D eigenvalue weighted by atomic mass is 19.1. The molecule has 6 heteroatoms. The van der Waals surface area contributed by atoms with Gasteiger partial charge < -0.3 is 15.5 Å². The predicted molar refractivity (Wildman–Crippen MR) is 77.1 cm³/mol. The van der Waals surface area contributed by atoms with E-state index in [0.717, 1.165) is 19.0 Å². The van der Waals surface area contributed by atoms with Crippen molar-refractivity contribution in [3.63, 3.8) is 0 Å². The van der Waals surface area contributed by atoms with Gasteiger partial charge in [0.05, 0.1) is 0 Å². The first kappa shape index (κ1) is 15.0. The van der Waals surface area contributed by atoms with Crippen molar-refractivity contribution in [3.8, 4) is 0 Å². The zero-order valence-corrected chi connectivity index (χ0v) is 12.0. The summed E-state index contributed by atoms with van der Waals surface area (Å²) in [4.78, 5) is 6.25. The number of likely N-dealkylation sites (N-methyl/N-ethyl adjacent to an activating group) is 1. The van der Waals surface area contributed by atoms with Crippen LogP contribution in [-0.2, 0) is 0 Å². The van der Waals surface area contributed by atoms with Crippen LogP contribution >= 0.6 is 0 Å². The fraction of sp³-hybridized carbons (Fsp3) is 0.643. The number of nitrogens with zero attached hydrogens (tertiary/aromatic N) is 2. The Balaban J connectivity index is 2.02. The fourth-order valence-electron chi connectivity index (χ4n) is 2.50. The second-order valence-electron chi connectivity index (χ2n) is 5.19. The van der Waals surface area contributed by atoms with Gasteiger partial charge in [0.15, 0.2) is 23.3 Å². The third kappa shape index (κ3) is 3.56. The van der Waals surface area contributed by atoms with E-state index in [9.17, 15) is 8.78 Å². The molecule has 1 fully saturated rings. The Morgan fingerprint density at radius 2 is 1.95 bits per heavy atom. The molecule has 1 aliphatic heterocycles. The van der Waals surface area contributed by atoms with E-state index < -0.39 is 11.6 Å². The molecule has 0 aliphatic carbocycles. The van der Waals surface area contributed by atoms with E-state index >= 15 is 0 Å². The van der Waals surface area contributed by atoms with Crippen LogP contribution in [0.1, 0.15) is 26.2 Å². The van der Waals surface area contributed by atoms with Crippen molar-refractivity contribution in [2.24, 2.45) is 0 Å². The van der Waals surface area contributed by atoms with Crippen molar-refractivity contribution in [3.05, 3.63) is 17.7 Å². The number of likely N-dealkylation sites (tertiary alicyclic amines) is 1. The molecule has 1 aliphatic rings. The first-order valence-corrected chi connectivity index (χ1v) is 7.15. The molecular formula is C14H22F2N4. The molecule has 20 heavy (non-hydrogen) atoms. The minimum atomic E-state index is -0.662. The quantitative estimate of drug-likeness (QED) is 0.872. The molecule has 112 valence electrons. The lowest BCUT2D eigenvalue weighted by Gasteiger charge is -2.32. The molecule has 2 N–H and O–H groups in total. The van der Waals surface area contributed by atoms with Crippen LogP contribution in [0.2, 0.25) is 0 Å². The van der Waals surface area contributed by atoms with Crippen LogP contribution in [0, 0.1) is 11.6 Å². The standard InChI is InChI=1S/C14H22F2N4/c1-3-17-13-11(15)8-12(16)14(19-13)18-9-10-6-4-5-7-20(10)2/h8,10H,3-7,9H2,1-2H3,(H2,17,18,19). The van der Waals surface area contributed by atoms with E-state index in [2.05, 4.69) is 27.6 Å². The predicted octanol–water partition coefficient (Wildman–Crippen LogP) is 2.69. The van der Waals surface area contributed by atoms with E-state index in [1.807, 2.05) is 6.92 Å². The highest BCUT2D eigenvalue weighted by Gasteiger charge is 2.19. The Bertz CT molecular complexity index is 453. The highest BCUT2D eigenvalue weighted by Crippen LogP contribution is 2.20. The summed E-state index contributed by atoms with van der Waals surface area (Å²) in [5.41, 5.74) is 0. The first-order valence-electron chi connectivity index (χ1n) is 7.15. The molecule has 0 bridgehead atoms. The largest absolute Gasteiger partial charge is 0.368 e. The van der Waals surface area contributed by atoms with Crippen LogP contribution in [0.4, 0.5) is 20.4 Å². The van der Waals surface area contributed by atoms with Gasteiger partial charge >= 0.3 is 0 Å². The van der Waals surface area contributed by atoms with E-state index in [-0.39, 0.29) is 11.6 Å². The van der Waals surface area contributed by atoms with Crippen molar-refractivity contribution < 1.29 is 8.78 Å². The van der Waals surface area contributed by atoms with Crippen molar-refractivity contribution in [1.29, 1.82) is 0 Å². The molecule has 2 heterocycles. The smallest absolute Gasteiger partial charge is 0.168 e. The first-order chi connectivity index (χ1) is 9.61. The number of pyridine rings is 1. The van der Waals surface area contributed by atoms with Crippen LogP contribution in [-0.4, -0.2) is 42.6 Å². The number of aromatic nitrogens is 1. The monoisotopic (exact) mass is 284 g/mol. The SMILES string of the molecule is CCNc1nc(NCC2CCCCN2C)c(F)cc1F. The Hall–Kier alpha value is -1.43. The van der Waals surface area contributed by atoms with Gasteiger partial charge in [-0.05, 0) is 33.4 Å². The Kier molecular flexibility index (Phi) is 5.11. The molecular weight excluding hydrogens is 262 g/mol. The second kappa shape index (κ2) is 6.83. The van der Waals surface area contributed by atoms with Gasteiger partial charge in [-0.25, -0.2) is 13.8 Å². The number of piperidine rings is 1. The Morgan fingerprint density at radius 3 is 2.60 bits per heavy atom. The molecule has 1 atom stereocenters. The van der Waals surface area contributed by atoms with Gasteiger partial charge in [-0.2, -0.15) is 0 Å². The van der Waals surface area contributed by atoms with Crippen LogP contribution in [0.3, 0.4) is 0 Å². The average Bonchev–Trinajstić information content (AvgIpc) is 2.42. The van der Waals surface area contributed by atoms with Crippen molar-refractivity contribution in [2.45, 2.75) is 32.2 Å². The fourth-order valence-corrected chi connectivity index (χ4v) is 2.50. The number of hydrogen-bond acceptors (Lipinski definition) is 4. The molecule has 0 radical (unpaired) electrons. The van der Waals surface area contributed by atoms with Gasteiger partial charge in [-0.3, -0.25) is 0 Å². The minimum Gasteiger partial charge on any atom is -0.368 e. The Morgan fingerprint density at radius 1 is 1.25 bits per heavy atom. The van der Waals surface area contributed by atoms with Crippen molar-refractivity contribution in [2.75, 3.05) is 37.3 Å². The summed E-state index contributed by atoms with van der Waals surface area (Å²) >= 11 is 0. The minimum absolute atomic E-state index is 0.0911. The lowest BCUT2D eigenvalue weighted by atomic mass is 10.0. The van der Waals surface area contributed by atoms with E-state index in [4.69, 9.17) is 0 Å². The average molecular weight is 284 g/mol. The lowest BCUT2D eigenvalue weighted by Crippen LogP contribution is -2.41. The summed E-state index contributed by atoms with van der Waals surface area (Å²) < 4.78 is 27.2. The summed E-state index contributed by atoms with van der Waals surface area (Å²) in [5.74, 6) is -1.11. The molecule has 4 nitrogen and oxygen atoms in total. The van der Waals surface area contributed by atoms with Gasteiger partial charge in [-0.15, -0.1) is 0 Å². The highest BCUT2D eigenvalue weighted by molar-refractivity contribution is 5.47. The van der Waals surface area contributed by atoms with Gasteiger partial charge in [0, 0.05) is 25.2 Å². The number of anilines is 2. The zero-order valence-electron chi connectivity index (χ0n) is 12.0. The van der Waals surface area contributed by atoms with E-state index in [0.29, 0.717) is 19.1 Å². The molecule has 0 aromatic carbocycles. The summed E-state index contributed by atoms with van der Waals surface area (Å²) in [6, 6.07) is 1.25. The third-order valence-electron chi connectivity index (χ3n) is 3.70. The van der Waals surface area contributed by atoms with Gasteiger partial charge in [0.25, 0.3) is 0 Å². The number of halogens is 2. The molecule has 1 aromatic heterocycles. The van der Waals surface area contributed by atoms with Crippen LogP contribution in [0.15, 0.2) is 6.07 Å². The lowest BCUT2D eigenvalue weighted by molar-refractivity contribution is 0.194. The zero-order chi connectivity index (χ0) is 14.5. The van der Waals surface area contributed by atoms with Crippen LogP contribution in [0.5, 0.6) is 0 Å². The van der Waals surface area contributed by atoms with Gasteiger partial charge in [0.1, 0.15) is 0 Å². The van der Waals surface area contributed by atoms with E-state index in [1.165, 1.54) is 12.8 Å². The second-order valence-corrected chi connectivity index (χ2v) is 5.19. The van der Waals surface area contributed by atoms with Gasteiger partial charge in [-0.1, -0.05) is 6.42 Å². The maximum Gasteiger partial charge on any atom is 0.168 e.